The summed E-state index contributed by atoms with van der Waals surface area (Å²) < 4.78 is 28.3. The zero-order chi connectivity index (χ0) is 12.2. The summed E-state index contributed by atoms with van der Waals surface area (Å²) in [4.78, 5) is 0. The molecule has 1 aliphatic heterocycles. The first-order valence-corrected chi connectivity index (χ1v) is 7.78. The fourth-order valence-corrected chi connectivity index (χ4v) is 3.74. The van der Waals surface area contributed by atoms with E-state index in [1.54, 1.807) is 0 Å². The first-order chi connectivity index (χ1) is 7.47. The monoisotopic (exact) mass is 268 g/mol. The van der Waals surface area contributed by atoms with Crippen molar-refractivity contribution >= 4 is 21.8 Å². The second-order valence-electron chi connectivity index (χ2n) is 4.56. The average molecular weight is 269 g/mol. The van der Waals surface area contributed by atoms with Crippen molar-refractivity contribution in [2.24, 2.45) is 5.92 Å². The Labute approximate surface area is 104 Å². The molecule has 0 aromatic heterocycles. The second kappa shape index (κ2) is 6.19. The molecule has 1 rings (SSSR count). The molecule has 0 aromatic rings. The van der Waals surface area contributed by atoms with Crippen LogP contribution in [0, 0.1) is 5.92 Å². The number of rotatable bonds is 6. The van der Waals surface area contributed by atoms with Crippen LogP contribution in [-0.2, 0) is 10.2 Å². The van der Waals surface area contributed by atoms with Crippen LogP contribution in [0.25, 0.3) is 0 Å². The third kappa shape index (κ3) is 3.87. The maximum Gasteiger partial charge on any atom is 0.279 e. The van der Waals surface area contributed by atoms with Crippen molar-refractivity contribution in [3.05, 3.63) is 0 Å². The van der Waals surface area contributed by atoms with Crippen molar-refractivity contribution in [2.45, 2.75) is 39.2 Å². The number of nitrogens with one attached hydrogen (secondary N) is 1. The first-order valence-electron chi connectivity index (χ1n) is 5.80. The van der Waals surface area contributed by atoms with E-state index in [-0.39, 0.29) is 12.0 Å². The Morgan fingerprint density at radius 2 is 1.88 bits per heavy atom. The summed E-state index contributed by atoms with van der Waals surface area (Å²) >= 11 is 5.68. The minimum Gasteiger partial charge on any atom is -0.199 e. The van der Waals surface area contributed by atoms with E-state index in [9.17, 15) is 8.42 Å². The number of halogens is 1. The van der Waals surface area contributed by atoms with Gasteiger partial charge in [0.2, 0.25) is 0 Å². The quantitative estimate of drug-likeness (QED) is 0.744. The van der Waals surface area contributed by atoms with Crippen LogP contribution in [0.15, 0.2) is 0 Å². The van der Waals surface area contributed by atoms with Crippen molar-refractivity contribution in [2.75, 3.05) is 19.0 Å². The van der Waals surface area contributed by atoms with Crippen LogP contribution in [0.4, 0.5) is 0 Å². The van der Waals surface area contributed by atoms with E-state index < -0.39 is 10.2 Å². The summed E-state index contributed by atoms with van der Waals surface area (Å²) in [7, 11) is -3.30. The van der Waals surface area contributed by atoms with Crippen molar-refractivity contribution in [1.82, 2.24) is 9.03 Å². The van der Waals surface area contributed by atoms with Gasteiger partial charge in [-0.2, -0.15) is 17.4 Å². The molecule has 1 atom stereocenters. The van der Waals surface area contributed by atoms with Gasteiger partial charge in [0.1, 0.15) is 0 Å². The van der Waals surface area contributed by atoms with Crippen molar-refractivity contribution in [1.29, 1.82) is 0 Å². The highest BCUT2D eigenvalue weighted by molar-refractivity contribution is 7.87. The fraction of sp³-hybridized carbons (Fsp3) is 1.00. The Kier molecular flexibility index (Phi) is 5.50. The minimum absolute atomic E-state index is 0.0666. The van der Waals surface area contributed by atoms with Crippen LogP contribution in [0.1, 0.15) is 33.1 Å². The van der Waals surface area contributed by atoms with Crippen LogP contribution in [-0.4, -0.2) is 37.7 Å². The van der Waals surface area contributed by atoms with Crippen molar-refractivity contribution < 1.29 is 8.42 Å². The predicted molar refractivity (Wildman–Crippen MR) is 66.8 cm³/mol. The largest absolute Gasteiger partial charge is 0.279 e. The van der Waals surface area contributed by atoms with E-state index in [0.717, 1.165) is 12.8 Å². The summed E-state index contributed by atoms with van der Waals surface area (Å²) in [6, 6.07) is -0.0666. The maximum atomic E-state index is 12.0. The molecule has 1 heterocycles. The second-order valence-corrected chi connectivity index (χ2v) is 6.64. The van der Waals surface area contributed by atoms with Gasteiger partial charge < -0.3 is 0 Å². The molecule has 1 fully saturated rings. The molecule has 1 aliphatic rings. The van der Waals surface area contributed by atoms with Crippen molar-refractivity contribution in [3.8, 4) is 0 Å². The number of hydrogen-bond donors (Lipinski definition) is 1. The molecule has 0 radical (unpaired) electrons. The van der Waals surface area contributed by atoms with E-state index in [2.05, 4.69) is 4.72 Å². The lowest BCUT2D eigenvalue weighted by Gasteiger charge is -2.24. The molecule has 4 nitrogen and oxygen atoms in total. The average Bonchev–Trinajstić information content (AvgIpc) is 2.69. The SMILES string of the molecule is CC(C)C(CCCl)NS(=O)(=O)N1CCCC1. The van der Waals surface area contributed by atoms with Crippen LogP contribution in [0.5, 0.6) is 0 Å². The molecule has 96 valence electrons. The van der Waals surface area contributed by atoms with Gasteiger partial charge in [-0.1, -0.05) is 13.8 Å². The zero-order valence-electron chi connectivity index (χ0n) is 9.95. The molecule has 0 bridgehead atoms. The molecule has 0 amide bonds. The highest BCUT2D eigenvalue weighted by Crippen LogP contribution is 2.15. The summed E-state index contributed by atoms with van der Waals surface area (Å²) in [5.41, 5.74) is 0. The smallest absolute Gasteiger partial charge is 0.199 e. The van der Waals surface area contributed by atoms with Crippen LogP contribution < -0.4 is 4.72 Å². The van der Waals surface area contributed by atoms with Crippen LogP contribution in [0.2, 0.25) is 0 Å². The number of hydrogen-bond acceptors (Lipinski definition) is 2. The molecule has 1 N–H and O–H groups in total. The van der Waals surface area contributed by atoms with Gasteiger partial charge in [-0.05, 0) is 25.2 Å². The van der Waals surface area contributed by atoms with Gasteiger partial charge >= 0.3 is 0 Å². The van der Waals surface area contributed by atoms with Gasteiger partial charge in [0.05, 0.1) is 0 Å². The summed E-state index contributed by atoms with van der Waals surface area (Å²) in [6.07, 6.45) is 2.60. The third-order valence-corrected chi connectivity index (χ3v) is 4.79. The van der Waals surface area contributed by atoms with E-state index in [1.165, 1.54) is 4.31 Å². The van der Waals surface area contributed by atoms with Gasteiger partial charge in [-0.3, -0.25) is 0 Å². The van der Waals surface area contributed by atoms with Gasteiger partial charge in [0, 0.05) is 25.0 Å². The Hall–Kier alpha value is 0.160. The summed E-state index contributed by atoms with van der Waals surface area (Å²) in [5.74, 6) is 0.738. The maximum absolute atomic E-state index is 12.0. The Morgan fingerprint density at radius 1 is 1.31 bits per heavy atom. The lowest BCUT2D eigenvalue weighted by Crippen LogP contribution is -2.46. The van der Waals surface area contributed by atoms with Crippen molar-refractivity contribution in [3.63, 3.8) is 0 Å². The first kappa shape index (κ1) is 14.2. The van der Waals surface area contributed by atoms with E-state index in [1.807, 2.05) is 13.8 Å². The summed E-state index contributed by atoms with van der Waals surface area (Å²) in [6.45, 7) is 5.29. The minimum atomic E-state index is -3.30. The molecular weight excluding hydrogens is 248 g/mol. The van der Waals surface area contributed by atoms with Crippen LogP contribution >= 0.6 is 11.6 Å². The molecule has 0 saturated carbocycles. The van der Waals surface area contributed by atoms with E-state index in [0.29, 0.717) is 25.4 Å². The molecular formula is C10H21ClN2O2S. The van der Waals surface area contributed by atoms with E-state index in [4.69, 9.17) is 11.6 Å². The lowest BCUT2D eigenvalue weighted by atomic mass is 10.0. The van der Waals surface area contributed by atoms with Crippen LogP contribution in [0.3, 0.4) is 0 Å². The standard InChI is InChI=1S/C10H21ClN2O2S/c1-9(2)10(5-6-11)12-16(14,15)13-7-3-4-8-13/h9-10,12H,3-8H2,1-2H3. The Balaban J connectivity index is 2.61. The molecule has 0 spiro atoms. The predicted octanol–water partition coefficient (Wildman–Crippen LogP) is 1.57. The highest BCUT2D eigenvalue weighted by atomic mass is 35.5. The van der Waals surface area contributed by atoms with Gasteiger partial charge in [-0.25, -0.2) is 0 Å². The molecule has 0 aromatic carbocycles. The molecule has 6 heteroatoms. The molecule has 1 unspecified atom stereocenters. The third-order valence-electron chi connectivity index (χ3n) is 2.93. The molecule has 1 saturated heterocycles. The van der Waals surface area contributed by atoms with Gasteiger partial charge in [0.15, 0.2) is 0 Å². The Morgan fingerprint density at radius 3 is 2.31 bits per heavy atom. The molecule has 16 heavy (non-hydrogen) atoms. The van der Waals surface area contributed by atoms with E-state index >= 15 is 0 Å². The normalized spacial score (nSPS) is 20.5. The lowest BCUT2D eigenvalue weighted by molar-refractivity contribution is 0.406. The molecule has 0 aliphatic carbocycles. The topological polar surface area (TPSA) is 49.4 Å². The number of alkyl halides is 1. The highest BCUT2D eigenvalue weighted by Gasteiger charge is 2.28. The Bertz CT molecular complexity index is 300. The van der Waals surface area contributed by atoms with Gasteiger partial charge in [-0.15, -0.1) is 11.6 Å². The number of nitrogens with zero attached hydrogens (tertiary/aromatic N) is 1. The zero-order valence-corrected chi connectivity index (χ0v) is 11.5. The van der Waals surface area contributed by atoms with Gasteiger partial charge in [0.25, 0.3) is 10.2 Å². The summed E-state index contributed by atoms with van der Waals surface area (Å²) in [5, 5.41) is 0. The fourth-order valence-electron chi connectivity index (χ4n) is 1.84.